The fourth-order valence-corrected chi connectivity index (χ4v) is 3.25. The van der Waals surface area contributed by atoms with Crippen LogP contribution in [0.15, 0.2) is 52.7 Å². The molecule has 1 heterocycles. The van der Waals surface area contributed by atoms with Gasteiger partial charge in [0.15, 0.2) is 10.8 Å². The minimum atomic E-state index is -0.183. The Hall–Kier alpha value is -2.48. The molecule has 2 aromatic carbocycles. The van der Waals surface area contributed by atoms with E-state index in [-0.39, 0.29) is 16.5 Å². The van der Waals surface area contributed by atoms with Crippen molar-refractivity contribution in [2.75, 3.05) is 0 Å². The number of phenols is 1. The van der Waals surface area contributed by atoms with Crippen LogP contribution in [0.2, 0.25) is 10.0 Å². The lowest BCUT2D eigenvalue weighted by Crippen LogP contribution is -2.14. The van der Waals surface area contributed by atoms with Crippen LogP contribution in [-0.4, -0.2) is 26.9 Å². The van der Waals surface area contributed by atoms with Gasteiger partial charge >= 0.3 is 0 Å². The molecule has 0 fully saturated rings. The third-order valence-electron chi connectivity index (χ3n) is 3.24. The van der Waals surface area contributed by atoms with Gasteiger partial charge in [0.05, 0.1) is 16.9 Å². The van der Waals surface area contributed by atoms with Crippen molar-refractivity contribution in [3.63, 3.8) is 0 Å². The van der Waals surface area contributed by atoms with E-state index >= 15 is 0 Å². The average Bonchev–Trinajstić information content (AvgIpc) is 3.01. The Kier molecular flexibility index (Phi) is 5.51. The second-order valence-corrected chi connectivity index (χ2v) is 6.99. The summed E-state index contributed by atoms with van der Waals surface area (Å²) >= 11 is 13.3. The van der Waals surface area contributed by atoms with Crippen LogP contribution in [0.5, 0.6) is 5.75 Å². The molecule has 0 aliphatic carbocycles. The summed E-state index contributed by atoms with van der Waals surface area (Å²) in [6.07, 6.45) is 1.53. The highest BCUT2D eigenvalue weighted by Gasteiger charge is 2.13. The number of nitrogens with zero attached hydrogens (tertiary/aromatic N) is 4. The third kappa shape index (κ3) is 4.19. The maximum Gasteiger partial charge on any atom is 0.233 e. The fraction of sp³-hybridized carbons (Fsp3) is 0.0588. The van der Waals surface area contributed by atoms with E-state index in [1.165, 1.54) is 17.8 Å². The lowest BCUT2D eigenvalue weighted by Gasteiger charge is -2.03. The number of phenolic OH excluding ortho intramolecular Hbond substituents is 1. The van der Waals surface area contributed by atoms with Crippen molar-refractivity contribution in [1.82, 2.24) is 9.78 Å². The zero-order valence-electron chi connectivity index (χ0n) is 13.4. The van der Waals surface area contributed by atoms with E-state index < -0.39 is 0 Å². The number of ketones is 1. The molecule has 3 aromatic rings. The first-order chi connectivity index (χ1) is 12.4. The molecule has 1 N–H and O–H groups in total. The minimum Gasteiger partial charge on any atom is -0.508 e. The average molecular weight is 407 g/mol. The highest BCUT2D eigenvalue weighted by Crippen LogP contribution is 2.23. The molecule has 1 aromatic heterocycles. The summed E-state index contributed by atoms with van der Waals surface area (Å²) in [4.78, 5) is 12.1. The van der Waals surface area contributed by atoms with Crippen molar-refractivity contribution >= 4 is 46.5 Å². The van der Waals surface area contributed by atoms with Crippen LogP contribution in [0.3, 0.4) is 0 Å². The predicted octanol–water partition coefficient (Wildman–Crippen LogP) is 4.08. The number of hydrogen-bond donors (Lipinski definition) is 1. The Morgan fingerprint density at radius 3 is 2.62 bits per heavy atom. The molecule has 26 heavy (non-hydrogen) atoms. The number of Topliss-reactive ketones (excluding diaryl/α,β-unsaturated/α-hetero) is 1. The minimum absolute atomic E-state index is 0.169. The molecular weight excluding hydrogens is 395 g/mol. The van der Waals surface area contributed by atoms with E-state index in [2.05, 4.69) is 15.3 Å². The standard InChI is InChI=1S/C17H12Cl2N4O2S/c1-10(24)16-22-23(15-7-4-12(18)8-14(15)19)17(26-16)21-20-9-11-2-5-13(25)6-3-11/h2-9,25H,1H3/b20-9+,21-17-. The number of rotatable bonds is 4. The third-order valence-corrected chi connectivity index (χ3v) is 4.78. The molecule has 6 nitrogen and oxygen atoms in total. The van der Waals surface area contributed by atoms with Gasteiger partial charge in [-0.25, -0.2) is 4.68 Å². The van der Waals surface area contributed by atoms with Crippen LogP contribution in [0.1, 0.15) is 22.3 Å². The van der Waals surface area contributed by atoms with Gasteiger partial charge in [-0.05, 0) is 48.0 Å². The van der Waals surface area contributed by atoms with Gasteiger partial charge in [0.25, 0.3) is 0 Å². The van der Waals surface area contributed by atoms with E-state index in [9.17, 15) is 9.90 Å². The number of benzene rings is 2. The molecule has 9 heteroatoms. The highest BCUT2D eigenvalue weighted by molar-refractivity contribution is 7.11. The van der Waals surface area contributed by atoms with Crippen LogP contribution in [0.25, 0.3) is 5.69 Å². The van der Waals surface area contributed by atoms with Crippen molar-refractivity contribution in [3.05, 3.63) is 67.9 Å². The quantitative estimate of drug-likeness (QED) is 0.402. The van der Waals surface area contributed by atoms with E-state index in [4.69, 9.17) is 23.2 Å². The van der Waals surface area contributed by atoms with Crippen LogP contribution < -0.4 is 4.80 Å². The van der Waals surface area contributed by atoms with E-state index in [0.29, 0.717) is 20.5 Å². The van der Waals surface area contributed by atoms with Gasteiger partial charge in [-0.1, -0.05) is 34.5 Å². The molecule has 0 saturated carbocycles. The molecule has 0 spiro atoms. The molecule has 132 valence electrons. The highest BCUT2D eigenvalue weighted by atomic mass is 35.5. The first kappa shape index (κ1) is 18.3. The van der Waals surface area contributed by atoms with Crippen molar-refractivity contribution in [2.24, 2.45) is 10.2 Å². The summed E-state index contributed by atoms with van der Waals surface area (Å²) < 4.78 is 1.45. The van der Waals surface area contributed by atoms with Gasteiger partial charge < -0.3 is 5.11 Å². The number of carbonyl (C=O) groups excluding carboxylic acids is 1. The first-order valence-electron chi connectivity index (χ1n) is 7.36. The van der Waals surface area contributed by atoms with E-state index in [0.717, 1.165) is 16.9 Å². The van der Waals surface area contributed by atoms with Gasteiger partial charge in [0.2, 0.25) is 4.80 Å². The normalized spacial score (nSPS) is 12.0. The Morgan fingerprint density at radius 2 is 1.96 bits per heavy atom. The number of hydrogen-bond acceptors (Lipinski definition) is 6. The summed E-state index contributed by atoms with van der Waals surface area (Å²) in [5, 5.41) is 22.9. The zero-order chi connectivity index (χ0) is 18.7. The first-order valence-corrected chi connectivity index (χ1v) is 8.94. The summed E-state index contributed by atoms with van der Waals surface area (Å²) in [5.41, 5.74) is 1.30. The number of halogens is 2. The maximum atomic E-state index is 11.7. The topological polar surface area (TPSA) is 79.8 Å². The van der Waals surface area contributed by atoms with E-state index in [1.807, 2.05) is 0 Å². The van der Waals surface area contributed by atoms with Crippen LogP contribution in [0, 0.1) is 0 Å². The molecule has 0 aliphatic heterocycles. The molecule has 0 aliphatic rings. The van der Waals surface area contributed by atoms with Gasteiger partial charge in [-0.15, -0.1) is 5.10 Å². The molecule has 0 amide bonds. The smallest absolute Gasteiger partial charge is 0.233 e. The summed E-state index contributed by atoms with van der Waals surface area (Å²) in [7, 11) is 0. The van der Waals surface area contributed by atoms with Gasteiger partial charge in [0.1, 0.15) is 5.75 Å². The van der Waals surface area contributed by atoms with Crippen molar-refractivity contribution in [2.45, 2.75) is 6.92 Å². The molecule has 0 atom stereocenters. The summed E-state index contributed by atoms with van der Waals surface area (Å²) in [6, 6.07) is 11.5. The van der Waals surface area contributed by atoms with Gasteiger partial charge in [-0.3, -0.25) is 4.79 Å². The molecule has 0 bridgehead atoms. The monoisotopic (exact) mass is 406 g/mol. The molecule has 0 unspecified atom stereocenters. The zero-order valence-corrected chi connectivity index (χ0v) is 15.8. The Labute approximate surface area is 162 Å². The summed E-state index contributed by atoms with van der Waals surface area (Å²) in [6.45, 7) is 1.43. The van der Waals surface area contributed by atoms with Crippen molar-refractivity contribution in [3.8, 4) is 11.4 Å². The van der Waals surface area contributed by atoms with Crippen LogP contribution >= 0.6 is 34.5 Å². The second kappa shape index (κ2) is 7.82. The second-order valence-electron chi connectivity index (χ2n) is 5.19. The largest absolute Gasteiger partial charge is 0.508 e. The van der Waals surface area contributed by atoms with Crippen molar-refractivity contribution in [1.29, 1.82) is 0 Å². The molecular formula is C17H12Cl2N4O2S. The van der Waals surface area contributed by atoms with Crippen LogP contribution in [-0.2, 0) is 0 Å². The van der Waals surface area contributed by atoms with E-state index in [1.54, 1.807) is 42.5 Å². The SMILES string of the molecule is CC(=O)c1nn(-c2ccc(Cl)cc2Cl)/c(=N/N=C/c2ccc(O)cc2)s1. The van der Waals surface area contributed by atoms with Gasteiger partial charge in [-0.2, -0.15) is 10.2 Å². The molecule has 3 rings (SSSR count). The Bertz CT molecular complexity index is 1060. The molecule has 0 radical (unpaired) electrons. The Balaban J connectivity index is 2.05. The predicted molar refractivity (Wildman–Crippen MR) is 103 cm³/mol. The number of aromatic nitrogens is 2. The molecule has 0 saturated heterocycles. The number of carbonyl (C=O) groups is 1. The lowest BCUT2D eigenvalue weighted by atomic mass is 10.2. The number of aromatic hydroxyl groups is 1. The Morgan fingerprint density at radius 1 is 1.23 bits per heavy atom. The van der Waals surface area contributed by atoms with Crippen molar-refractivity contribution < 1.29 is 9.90 Å². The fourth-order valence-electron chi connectivity index (χ4n) is 2.00. The lowest BCUT2D eigenvalue weighted by molar-refractivity contribution is 0.101. The maximum absolute atomic E-state index is 11.7. The van der Waals surface area contributed by atoms with Crippen LogP contribution in [0.4, 0.5) is 0 Å². The van der Waals surface area contributed by atoms with Gasteiger partial charge in [0, 0.05) is 11.9 Å². The summed E-state index contributed by atoms with van der Waals surface area (Å²) in [5.74, 6) is -0.0133.